The fraction of sp³-hybridized carbons (Fsp3) is 0.364. The summed E-state index contributed by atoms with van der Waals surface area (Å²) < 4.78 is 16.0. The second-order valence-electron chi connectivity index (χ2n) is 6.28. The molecule has 1 atom stereocenters. The zero-order valence-corrected chi connectivity index (χ0v) is 17.6. The third-order valence-corrected chi connectivity index (χ3v) is 4.41. The van der Waals surface area contributed by atoms with Crippen molar-refractivity contribution in [2.24, 2.45) is 0 Å². The molecule has 0 aliphatic rings. The van der Waals surface area contributed by atoms with Crippen molar-refractivity contribution < 1.29 is 23.8 Å². The minimum atomic E-state index is -0.538. The molecule has 29 heavy (non-hydrogen) atoms. The number of esters is 1. The van der Waals surface area contributed by atoms with Gasteiger partial charge < -0.3 is 19.5 Å². The third kappa shape index (κ3) is 6.39. The molecule has 0 aromatic heterocycles. The van der Waals surface area contributed by atoms with Crippen LogP contribution in [0.2, 0.25) is 5.02 Å². The lowest BCUT2D eigenvalue weighted by atomic mass is 10.0. The molecular weight excluding hydrogens is 394 g/mol. The average molecular weight is 420 g/mol. The molecular formula is C22H26ClNO5. The molecule has 156 valence electrons. The molecule has 7 heteroatoms. The van der Waals surface area contributed by atoms with E-state index in [1.807, 2.05) is 37.3 Å². The van der Waals surface area contributed by atoms with Crippen LogP contribution in [-0.2, 0) is 9.53 Å². The van der Waals surface area contributed by atoms with Crippen LogP contribution in [0.15, 0.2) is 42.5 Å². The Hall–Kier alpha value is -2.73. The Balaban J connectivity index is 2.26. The molecule has 1 amide bonds. The first-order valence-electron chi connectivity index (χ1n) is 9.51. The van der Waals surface area contributed by atoms with Crippen LogP contribution < -0.4 is 14.8 Å². The first-order chi connectivity index (χ1) is 14.0. The van der Waals surface area contributed by atoms with Crippen molar-refractivity contribution in [3.8, 4) is 11.5 Å². The van der Waals surface area contributed by atoms with E-state index < -0.39 is 6.04 Å². The van der Waals surface area contributed by atoms with E-state index >= 15 is 0 Å². The van der Waals surface area contributed by atoms with Crippen molar-refractivity contribution in [2.75, 3.05) is 20.3 Å². The maximum atomic E-state index is 12.9. The largest absolute Gasteiger partial charge is 0.493 e. The van der Waals surface area contributed by atoms with Gasteiger partial charge in [-0.2, -0.15) is 0 Å². The number of benzene rings is 2. The lowest BCUT2D eigenvalue weighted by molar-refractivity contribution is -0.143. The molecule has 0 aliphatic heterocycles. The summed E-state index contributed by atoms with van der Waals surface area (Å²) >= 11 is 6.31. The molecule has 0 spiro atoms. The summed E-state index contributed by atoms with van der Waals surface area (Å²) in [6, 6.07) is 11.8. The highest BCUT2D eigenvalue weighted by Crippen LogP contribution is 2.36. The van der Waals surface area contributed by atoms with Crippen LogP contribution in [0.4, 0.5) is 0 Å². The number of hydrogen-bond donors (Lipinski definition) is 1. The number of ether oxygens (including phenoxy) is 3. The highest BCUT2D eigenvalue weighted by Gasteiger charge is 2.22. The van der Waals surface area contributed by atoms with Gasteiger partial charge in [0.25, 0.3) is 5.91 Å². The predicted octanol–water partition coefficient (Wildman–Crippen LogP) is 4.56. The maximum Gasteiger partial charge on any atom is 0.308 e. The van der Waals surface area contributed by atoms with E-state index in [2.05, 4.69) is 5.32 Å². The second-order valence-corrected chi connectivity index (χ2v) is 6.69. The van der Waals surface area contributed by atoms with E-state index in [9.17, 15) is 9.59 Å². The minimum absolute atomic E-state index is 0.0200. The number of carbonyl (C=O) groups excluding carboxylic acids is 2. The number of carbonyl (C=O) groups is 2. The van der Waals surface area contributed by atoms with Gasteiger partial charge in [-0.15, -0.1) is 0 Å². The number of rotatable bonds is 10. The minimum Gasteiger partial charge on any atom is -0.493 e. The fourth-order valence-corrected chi connectivity index (χ4v) is 3.03. The van der Waals surface area contributed by atoms with Crippen LogP contribution in [-0.4, -0.2) is 32.2 Å². The Labute approximate surface area is 176 Å². The zero-order valence-electron chi connectivity index (χ0n) is 16.9. The van der Waals surface area contributed by atoms with Crippen LogP contribution in [0, 0.1) is 0 Å². The molecule has 0 bridgehead atoms. The second kappa shape index (κ2) is 11.3. The number of amides is 1. The zero-order chi connectivity index (χ0) is 21.2. The van der Waals surface area contributed by atoms with Crippen molar-refractivity contribution >= 4 is 23.5 Å². The van der Waals surface area contributed by atoms with E-state index in [1.165, 1.54) is 13.2 Å². The molecule has 6 nitrogen and oxygen atoms in total. The molecule has 0 saturated heterocycles. The highest BCUT2D eigenvalue weighted by atomic mass is 35.5. The first kappa shape index (κ1) is 22.6. The van der Waals surface area contributed by atoms with Gasteiger partial charge in [-0.05, 0) is 31.0 Å². The molecule has 2 aromatic carbocycles. The fourth-order valence-electron chi connectivity index (χ4n) is 2.76. The molecule has 0 aliphatic carbocycles. The quantitative estimate of drug-likeness (QED) is 0.571. The van der Waals surface area contributed by atoms with Crippen molar-refractivity contribution in [3.05, 3.63) is 58.6 Å². The molecule has 2 aromatic rings. The van der Waals surface area contributed by atoms with E-state index in [0.717, 1.165) is 12.0 Å². The summed E-state index contributed by atoms with van der Waals surface area (Å²) in [5, 5.41) is 3.17. The lowest BCUT2D eigenvalue weighted by Gasteiger charge is -2.19. The number of nitrogens with one attached hydrogen (secondary N) is 1. The Morgan fingerprint density at radius 1 is 1.14 bits per heavy atom. The van der Waals surface area contributed by atoms with Gasteiger partial charge in [0.05, 0.1) is 37.8 Å². The van der Waals surface area contributed by atoms with Gasteiger partial charge in [0.2, 0.25) is 0 Å². The number of methoxy groups -OCH3 is 1. The van der Waals surface area contributed by atoms with Crippen molar-refractivity contribution in [3.63, 3.8) is 0 Å². The van der Waals surface area contributed by atoms with Gasteiger partial charge in [-0.1, -0.05) is 48.9 Å². The van der Waals surface area contributed by atoms with E-state index in [1.54, 1.807) is 13.0 Å². The van der Waals surface area contributed by atoms with Gasteiger partial charge in [0.15, 0.2) is 11.5 Å². The Morgan fingerprint density at radius 3 is 2.48 bits per heavy atom. The smallest absolute Gasteiger partial charge is 0.308 e. The normalized spacial score (nSPS) is 11.4. The van der Waals surface area contributed by atoms with Gasteiger partial charge in [0.1, 0.15) is 0 Å². The van der Waals surface area contributed by atoms with Crippen LogP contribution in [0.25, 0.3) is 0 Å². The van der Waals surface area contributed by atoms with Crippen molar-refractivity contribution in [1.82, 2.24) is 5.32 Å². The van der Waals surface area contributed by atoms with Crippen molar-refractivity contribution in [1.29, 1.82) is 0 Å². The number of hydrogen-bond acceptors (Lipinski definition) is 5. The van der Waals surface area contributed by atoms with E-state index in [0.29, 0.717) is 23.7 Å². The predicted molar refractivity (Wildman–Crippen MR) is 112 cm³/mol. The number of halogens is 1. The van der Waals surface area contributed by atoms with Crippen LogP contribution in [0.3, 0.4) is 0 Å². The summed E-state index contributed by atoms with van der Waals surface area (Å²) in [5.41, 5.74) is 1.11. The molecule has 0 radical (unpaired) electrons. The topological polar surface area (TPSA) is 73.9 Å². The van der Waals surface area contributed by atoms with Gasteiger partial charge in [-0.3, -0.25) is 9.59 Å². The van der Waals surface area contributed by atoms with Gasteiger partial charge in [0, 0.05) is 5.56 Å². The van der Waals surface area contributed by atoms with E-state index in [-0.39, 0.29) is 29.9 Å². The molecule has 0 fully saturated rings. The highest BCUT2D eigenvalue weighted by molar-refractivity contribution is 6.32. The standard InChI is InChI=1S/C22H26ClNO5/c1-4-11-29-21-17(23)12-16(13-19(21)27-3)22(26)24-18(14-20(25)28-5-2)15-9-7-6-8-10-15/h6-10,12-13,18H,4-5,11,14H2,1-3H3,(H,24,26). The average Bonchev–Trinajstić information content (AvgIpc) is 2.72. The summed E-state index contributed by atoms with van der Waals surface area (Å²) in [6.07, 6.45) is 0.834. The Kier molecular flexibility index (Phi) is 8.80. The summed E-state index contributed by atoms with van der Waals surface area (Å²) in [5.74, 6) is 0.00225. The maximum absolute atomic E-state index is 12.9. The first-order valence-corrected chi connectivity index (χ1v) is 9.89. The lowest BCUT2D eigenvalue weighted by Crippen LogP contribution is -2.30. The Bertz CT molecular complexity index is 825. The van der Waals surface area contributed by atoms with Crippen LogP contribution in [0.1, 0.15) is 48.7 Å². The SMILES string of the molecule is CCCOc1c(Cl)cc(C(=O)NC(CC(=O)OCC)c2ccccc2)cc1OC. The van der Waals surface area contributed by atoms with Gasteiger partial charge >= 0.3 is 5.97 Å². The van der Waals surface area contributed by atoms with Crippen molar-refractivity contribution in [2.45, 2.75) is 32.7 Å². The van der Waals surface area contributed by atoms with Crippen LogP contribution >= 0.6 is 11.6 Å². The molecule has 0 heterocycles. The summed E-state index contributed by atoms with van der Waals surface area (Å²) in [4.78, 5) is 24.9. The monoisotopic (exact) mass is 419 g/mol. The van der Waals surface area contributed by atoms with Crippen LogP contribution in [0.5, 0.6) is 11.5 Å². The molecule has 1 unspecified atom stereocenters. The van der Waals surface area contributed by atoms with Gasteiger partial charge in [-0.25, -0.2) is 0 Å². The molecule has 1 N–H and O–H groups in total. The molecule has 0 saturated carbocycles. The third-order valence-electron chi connectivity index (χ3n) is 4.13. The van der Waals surface area contributed by atoms with E-state index in [4.69, 9.17) is 25.8 Å². The molecule has 2 rings (SSSR count). The Morgan fingerprint density at radius 2 is 1.86 bits per heavy atom. The summed E-state index contributed by atoms with van der Waals surface area (Å²) in [7, 11) is 1.49. The summed E-state index contributed by atoms with van der Waals surface area (Å²) in [6.45, 7) is 4.48.